The van der Waals surface area contributed by atoms with Crippen molar-refractivity contribution >= 4 is 34.9 Å². The fourth-order valence-electron chi connectivity index (χ4n) is 2.82. The quantitative estimate of drug-likeness (QED) is 0.568. The lowest BCUT2D eigenvalue weighted by Gasteiger charge is -2.07. The Kier molecular flexibility index (Phi) is 5.42. The molecule has 0 amide bonds. The van der Waals surface area contributed by atoms with Crippen molar-refractivity contribution in [2.45, 2.75) is 26.2 Å². The highest BCUT2D eigenvalue weighted by atomic mass is 35.5. The summed E-state index contributed by atoms with van der Waals surface area (Å²) >= 11 is 5.77. The minimum atomic E-state index is -0.523. The van der Waals surface area contributed by atoms with Crippen molar-refractivity contribution in [2.24, 2.45) is 4.99 Å². The molecule has 0 radical (unpaired) electrons. The van der Waals surface area contributed by atoms with Crippen LogP contribution in [0.25, 0.3) is 0 Å². The van der Waals surface area contributed by atoms with Gasteiger partial charge in [0.2, 0.25) is 0 Å². The number of hydrogen-bond acceptors (Lipinski definition) is 5. The second kappa shape index (κ2) is 7.74. The Bertz CT molecular complexity index is 912. The molecule has 2 aromatic rings. The maximum Gasteiger partial charge on any atom is 0.311 e. The highest BCUT2D eigenvalue weighted by Gasteiger charge is 2.24. The number of aromatic nitrogens is 1. The van der Waals surface area contributed by atoms with Crippen LogP contribution in [0, 0.1) is 5.82 Å². The molecule has 2 heterocycles. The smallest absolute Gasteiger partial charge is 0.311 e. The maximum absolute atomic E-state index is 13.3. The van der Waals surface area contributed by atoms with Crippen molar-refractivity contribution in [2.75, 3.05) is 6.61 Å². The molecule has 7 heteroatoms. The molecule has 0 spiro atoms. The number of fused-ring (bicyclic) bond motifs is 1. The van der Waals surface area contributed by atoms with E-state index >= 15 is 0 Å². The summed E-state index contributed by atoms with van der Waals surface area (Å²) < 4.78 is 18.2. The summed E-state index contributed by atoms with van der Waals surface area (Å²) in [6, 6.07) is 5.85. The Morgan fingerprint density at radius 1 is 1.27 bits per heavy atom. The molecular formula is C19H16ClFN2O3. The lowest BCUT2D eigenvalue weighted by molar-refractivity contribution is -0.141. The van der Waals surface area contributed by atoms with Crippen molar-refractivity contribution in [3.05, 3.63) is 58.0 Å². The average molecular weight is 375 g/mol. The van der Waals surface area contributed by atoms with Gasteiger partial charge in [-0.05, 0) is 30.7 Å². The van der Waals surface area contributed by atoms with Gasteiger partial charge in [0.25, 0.3) is 0 Å². The van der Waals surface area contributed by atoms with Crippen LogP contribution in [0.4, 0.5) is 10.2 Å². The first-order chi connectivity index (χ1) is 12.5. The first-order valence-electron chi connectivity index (χ1n) is 8.15. The Morgan fingerprint density at radius 3 is 2.81 bits per heavy atom. The Hall–Kier alpha value is -2.60. The molecular weight excluding hydrogens is 359 g/mol. The van der Waals surface area contributed by atoms with Gasteiger partial charge >= 0.3 is 5.97 Å². The molecule has 0 saturated heterocycles. The van der Waals surface area contributed by atoms with Crippen LogP contribution in [0.1, 0.15) is 34.8 Å². The fourth-order valence-corrected chi connectivity index (χ4v) is 3.02. The molecule has 5 nitrogen and oxygen atoms in total. The fraction of sp³-hybridized carbons (Fsp3) is 0.263. The summed E-state index contributed by atoms with van der Waals surface area (Å²) in [4.78, 5) is 32.8. The third-order valence-electron chi connectivity index (χ3n) is 3.98. The Morgan fingerprint density at radius 2 is 2.08 bits per heavy atom. The van der Waals surface area contributed by atoms with Gasteiger partial charge in [0, 0.05) is 35.9 Å². The number of benzene rings is 1. The largest absolute Gasteiger partial charge is 0.466 e. The summed E-state index contributed by atoms with van der Waals surface area (Å²) in [6.07, 6.45) is 2.06. The van der Waals surface area contributed by atoms with Gasteiger partial charge in [-0.3, -0.25) is 9.59 Å². The lowest BCUT2D eigenvalue weighted by atomic mass is 9.97. The normalized spacial score (nSPS) is 12.5. The van der Waals surface area contributed by atoms with E-state index in [9.17, 15) is 14.0 Å². The van der Waals surface area contributed by atoms with Crippen LogP contribution in [-0.4, -0.2) is 29.1 Å². The number of rotatable bonds is 6. The molecule has 0 unspecified atom stereocenters. The lowest BCUT2D eigenvalue weighted by Crippen LogP contribution is -2.12. The van der Waals surface area contributed by atoms with Gasteiger partial charge < -0.3 is 4.74 Å². The van der Waals surface area contributed by atoms with E-state index in [0.29, 0.717) is 41.2 Å². The van der Waals surface area contributed by atoms with Crippen LogP contribution >= 0.6 is 11.6 Å². The summed E-state index contributed by atoms with van der Waals surface area (Å²) in [7, 11) is 0. The van der Waals surface area contributed by atoms with Crippen LogP contribution in [0.5, 0.6) is 0 Å². The number of esters is 1. The summed E-state index contributed by atoms with van der Waals surface area (Å²) in [5, 5.41) is -0.0182. The van der Waals surface area contributed by atoms with Crippen LogP contribution in [-0.2, 0) is 22.4 Å². The van der Waals surface area contributed by atoms with Gasteiger partial charge in [-0.25, -0.2) is 14.4 Å². The number of pyridine rings is 1. The third-order valence-corrected chi connectivity index (χ3v) is 4.27. The second-order valence-corrected chi connectivity index (χ2v) is 6.25. The number of carbonyl (C=O) groups is 2. The summed E-state index contributed by atoms with van der Waals surface area (Å²) in [5.74, 6) is -0.566. The molecule has 1 aromatic heterocycles. The monoisotopic (exact) mass is 374 g/mol. The molecule has 0 atom stereocenters. The topological polar surface area (TPSA) is 68.6 Å². The zero-order valence-corrected chi connectivity index (χ0v) is 14.8. The summed E-state index contributed by atoms with van der Waals surface area (Å²) in [6.45, 7) is 2.05. The van der Waals surface area contributed by atoms with Gasteiger partial charge in [0.15, 0.2) is 11.6 Å². The van der Waals surface area contributed by atoms with Crippen molar-refractivity contribution in [3.8, 4) is 0 Å². The predicted molar refractivity (Wildman–Crippen MR) is 95.7 cm³/mol. The second-order valence-electron chi connectivity index (χ2n) is 5.85. The third kappa shape index (κ3) is 3.96. The average Bonchev–Trinajstić information content (AvgIpc) is 3.00. The van der Waals surface area contributed by atoms with Gasteiger partial charge in [0.05, 0.1) is 18.1 Å². The van der Waals surface area contributed by atoms with Crippen LogP contribution in [0.15, 0.2) is 35.5 Å². The van der Waals surface area contributed by atoms with E-state index in [-0.39, 0.29) is 29.6 Å². The van der Waals surface area contributed by atoms with E-state index < -0.39 is 5.82 Å². The molecule has 0 N–H and O–H groups in total. The number of Topliss-reactive ketones (excluding diaryl/α,β-unsaturated/α-hetero) is 1. The van der Waals surface area contributed by atoms with Crippen LogP contribution in [0.3, 0.4) is 0 Å². The van der Waals surface area contributed by atoms with Crippen LogP contribution < -0.4 is 0 Å². The molecule has 0 fully saturated rings. The number of halogens is 2. The van der Waals surface area contributed by atoms with E-state index in [4.69, 9.17) is 16.3 Å². The van der Waals surface area contributed by atoms with E-state index in [1.54, 1.807) is 13.0 Å². The van der Waals surface area contributed by atoms with Crippen molar-refractivity contribution in [1.29, 1.82) is 0 Å². The maximum atomic E-state index is 13.3. The van der Waals surface area contributed by atoms with E-state index in [2.05, 4.69) is 9.98 Å². The summed E-state index contributed by atoms with van der Waals surface area (Å²) in [5.41, 5.74) is 2.44. The predicted octanol–water partition coefficient (Wildman–Crippen LogP) is 3.88. The molecule has 0 bridgehead atoms. The van der Waals surface area contributed by atoms with Gasteiger partial charge in [-0.15, -0.1) is 0 Å². The molecule has 0 aliphatic carbocycles. The number of carbonyl (C=O) groups excluding carboxylic acids is 2. The molecule has 26 heavy (non-hydrogen) atoms. The minimum Gasteiger partial charge on any atom is -0.466 e. The molecule has 1 aliphatic rings. The van der Waals surface area contributed by atoms with Crippen molar-refractivity contribution in [3.63, 3.8) is 0 Å². The molecule has 134 valence electrons. The van der Waals surface area contributed by atoms with E-state index in [1.165, 1.54) is 24.4 Å². The Labute approximate surface area is 154 Å². The highest BCUT2D eigenvalue weighted by molar-refractivity contribution is 6.30. The van der Waals surface area contributed by atoms with E-state index in [0.717, 1.165) is 0 Å². The van der Waals surface area contributed by atoms with Crippen LogP contribution in [0.2, 0.25) is 5.02 Å². The number of aliphatic imine (C=N–C) groups is 1. The number of ketones is 1. The van der Waals surface area contributed by atoms with Gasteiger partial charge in [-0.1, -0.05) is 17.7 Å². The highest BCUT2D eigenvalue weighted by Crippen LogP contribution is 2.29. The first kappa shape index (κ1) is 18.2. The Balaban J connectivity index is 1.76. The number of nitrogens with zero attached hydrogens (tertiary/aromatic N) is 2. The van der Waals surface area contributed by atoms with Crippen molar-refractivity contribution < 1.29 is 18.7 Å². The first-order valence-corrected chi connectivity index (χ1v) is 8.52. The zero-order chi connectivity index (χ0) is 18.7. The molecule has 3 rings (SSSR count). The van der Waals surface area contributed by atoms with Gasteiger partial charge in [-0.2, -0.15) is 0 Å². The zero-order valence-electron chi connectivity index (χ0n) is 14.1. The van der Waals surface area contributed by atoms with Crippen molar-refractivity contribution in [1.82, 2.24) is 4.98 Å². The molecule has 0 saturated carbocycles. The van der Waals surface area contributed by atoms with E-state index in [1.807, 2.05) is 0 Å². The SMILES string of the molecule is CCOC(=O)CC1=Nc2nccc(C(=O)Cc3ccc(F)c(Cl)c3)c2C1. The molecule has 1 aromatic carbocycles. The van der Waals surface area contributed by atoms with Gasteiger partial charge in [0.1, 0.15) is 5.82 Å². The standard InChI is InChI=1S/C19H16ClFN2O3/c1-2-26-18(25)10-12-9-14-13(5-6-22-19(14)23-12)17(24)8-11-3-4-16(21)15(20)7-11/h3-7H,2,8-10H2,1H3. The molecule has 1 aliphatic heterocycles. The number of ether oxygens (including phenoxy) is 1. The minimum absolute atomic E-state index is 0.0182. The number of hydrogen-bond donors (Lipinski definition) is 0.